The fraction of sp³-hybridized carbons (Fsp3) is 1.00. The number of ether oxygens (including phenoxy) is 8. The molecule has 2 saturated heterocycles. The van der Waals surface area contributed by atoms with E-state index in [1.54, 1.807) is 0 Å². The van der Waals surface area contributed by atoms with Crippen molar-refractivity contribution in [1.82, 2.24) is 0 Å². The standard InChI is InChI=1S/C41H72O8/c1-29(44-23-33-9-5-31(6-10-33)21-42-25-39-27-46-39)48-37-17-13-35(14-18-37)41(3,4)36-15-19-38(20-16-36)49-30(2)45-24-34-11-7-32(8-12-34)22-43-26-40-28-47-40/h29-40H,5-28H2,1-4H3. The summed E-state index contributed by atoms with van der Waals surface area (Å²) in [5, 5.41) is 0. The van der Waals surface area contributed by atoms with E-state index in [4.69, 9.17) is 37.9 Å². The molecule has 2 heterocycles. The predicted molar refractivity (Wildman–Crippen MR) is 190 cm³/mol. The van der Waals surface area contributed by atoms with Crippen LogP contribution < -0.4 is 0 Å². The van der Waals surface area contributed by atoms with Crippen molar-refractivity contribution < 1.29 is 37.9 Å². The van der Waals surface area contributed by atoms with Crippen LogP contribution in [0.3, 0.4) is 0 Å². The molecular formula is C41H72O8. The molecule has 4 unspecified atom stereocenters. The smallest absolute Gasteiger partial charge is 0.155 e. The van der Waals surface area contributed by atoms with Gasteiger partial charge in [-0.3, -0.25) is 0 Å². The Morgan fingerprint density at radius 3 is 1.12 bits per heavy atom. The molecule has 0 aromatic heterocycles. The molecule has 0 amide bonds. The van der Waals surface area contributed by atoms with Gasteiger partial charge in [0.15, 0.2) is 12.6 Å². The van der Waals surface area contributed by atoms with Crippen LogP contribution in [-0.2, 0) is 37.9 Å². The van der Waals surface area contributed by atoms with E-state index in [1.807, 2.05) is 0 Å². The summed E-state index contributed by atoms with van der Waals surface area (Å²) in [7, 11) is 0. The Bertz CT molecular complexity index is 834. The number of rotatable bonds is 20. The molecule has 4 aliphatic carbocycles. The van der Waals surface area contributed by atoms with Gasteiger partial charge in [0, 0.05) is 13.2 Å². The Hall–Kier alpha value is -0.320. The molecule has 6 fully saturated rings. The number of hydrogen-bond donors (Lipinski definition) is 0. The van der Waals surface area contributed by atoms with Crippen LogP contribution in [0.4, 0.5) is 0 Å². The molecule has 4 saturated carbocycles. The zero-order valence-electron chi connectivity index (χ0n) is 31.7. The monoisotopic (exact) mass is 693 g/mol. The van der Waals surface area contributed by atoms with Crippen LogP contribution in [0.25, 0.3) is 0 Å². The molecule has 0 bridgehead atoms. The van der Waals surface area contributed by atoms with Crippen molar-refractivity contribution >= 4 is 0 Å². The minimum Gasteiger partial charge on any atom is -0.378 e. The Morgan fingerprint density at radius 1 is 0.469 bits per heavy atom. The maximum atomic E-state index is 6.44. The van der Waals surface area contributed by atoms with Gasteiger partial charge in [0.25, 0.3) is 0 Å². The maximum absolute atomic E-state index is 6.44. The third kappa shape index (κ3) is 12.9. The van der Waals surface area contributed by atoms with Crippen LogP contribution in [0.2, 0.25) is 0 Å². The largest absolute Gasteiger partial charge is 0.378 e. The van der Waals surface area contributed by atoms with E-state index in [0.717, 1.165) is 90.4 Å². The summed E-state index contributed by atoms with van der Waals surface area (Å²) in [6, 6.07) is 0. The first-order chi connectivity index (χ1) is 23.8. The molecule has 0 aromatic rings. The topological polar surface area (TPSA) is 80.4 Å². The molecule has 2 aliphatic heterocycles. The Labute approximate surface area is 298 Å². The van der Waals surface area contributed by atoms with E-state index in [2.05, 4.69) is 27.7 Å². The van der Waals surface area contributed by atoms with Crippen molar-refractivity contribution in [2.24, 2.45) is 40.9 Å². The zero-order chi connectivity index (χ0) is 34.1. The second kappa shape index (κ2) is 19.1. The molecule has 0 aromatic carbocycles. The normalized spacial score (nSPS) is 38.2. The molecule has 8 nitrogen and oxygen atoms in total. The third-order valence-corrected chi connectivity index (χ3v) is 13.4. The Kier molecular flexibility index (Phi) is 15.0. The lowest BCUT2D eigenvalue weighted by atomic mass is 9.60. The van der Waals surface area contributed by atoms with Crippen molar-refractivity contribution in [3.05, 3.63) is 0 Å². The van der Waals surface area contributed by atoms with Gasteiger partial charge < -0.3 is 37.9 Å². The summed E-state index contributed by atoms with van der Waals surface area (Å²) in [4.78, 5) is 0. The van der Waals surface area contributed by atoms with Gasteiger partial charge in [-0.15, -0.1) is 0 Å². The van der Waals surface area contributed by atoms with Crippen molar-refractivity contribution in [2.75, 3.05) is 52.9 Å². The average molecular weight is 693 g/mol. The molecule has 0 N–H and O–H groups in total. The highest BCUT2D eigenvalue weighted by Crippen LogP contribution is 2.49. The SMILES string of the molecule is CC(OCC1CCC(COCC2CO2)CC1)OC1CCC(C(C)(C)C2CCC(OC(C)OCC3CCC(COCC4CO4)CC3)CC2)CC1. The van der Waals surface area contributed by atoms with Crippen LogP contribution in [0.15, 0.2) is 0 Å². The van der Waals surface area contributed by atoms with E-state index in [0.29, 0.717) is 53.5 Å². The summed E-state index contributed by atoms with van der Waals surface area (Å²) < 4.78 is 47.5. The van der Waals surface area contributed by atoms with Crippen molar-refractivity contribution in [3.8, 4) is 0 Å². The first-order valence-electron chi connectivity index (χ1n) is 20.7. The molecular weight excluding hydrogens is 620 g/mol. The summed E-state index contributed by atoms with van der Waals surface area (Å²) in [6.07, 6.45) is 21.0. The highest BCUT2D eigenvalue weighted by atomic mass is 16.7. The summed E-state index contributed by atoms with van der Waals surface area (Å²) in [5.74, 6) is 4.29. The van der Waals surface area contributed by atoms with Crippen LogP contribution in [0.5, 0.6) is 0 Å². The molecule has 6 rings (SSSR count). The van der Waals surface area contributed by atoms with Gasteiger partial charge >= 0.3 is 0 Å². The zero-order valence-corrected chi connectivity index (χ0v) is 31.7. The fourth-order valence-electron chi connectivity index (χ4n) is 9.57. The summed E-state index contributed by atoms with van der Waals surface area (Å²) in [6.45, 7) is 16.1. The first kappa shape index (κ1) is 38.4. The van der Waals surface area contributed by atoms with Crippen LogP contribution >= 0.6 is 0 Å². The van der Waals surface area contributed by atoms with Gasteiger partial charge in [0.1, 0.15) is 12.2 Å². The van der Waals surface area contributed by atoms with Crippen LogP contribution in [-0.4, -0.2) is 89.9 Å². The Morgan fingerprint density at radius 2 is 0.796 bits per heavy atom. The molecule has 49 heavy (non-hydrogen) atoms. The lowest BCUT2D eigenvalue weighted by Gasteiger charge is -2.47. The van der Waals surface area contributed by atoms with Crippen molar-refractivity contribution in [3.63, 3.8) is 0 Å². The van der Waals surface area contributed by atoms with Gasteiger partial charge in [-0.25, -0.2) is 0 Å². The van der Waals surface area contributed by atoms with Gasteiger partial charge in [-0.2, -0.15) is 0 Å². The lowest BCUT2D eigenvalue weighted by molar-refractivity contribution is -0.181. The Balaban J connectivity index is 0.785. The second-order valence-corrected chi connectivity index (χ2v) is 17.6. The number of hydrogen-bond acceptors (Lipinski definition) is 8. The first-order valence-corrected chi connectivity index (χ1v) is 20.7. The van der Waals surface area contributed by atoms with E-state index in [1.165, 1.54) is 77.0 Å². The van der Waals surface area contributed by atoms with E-state index in [-0.39, 0.29) is 12.6 Å². The fourth-order valence-corrected chi connectivity index (χ4v) is 9.57. The molecule has 0 radical (unpaired) electrons. The predicted octanol–water partition coefficient (Wildman–Crippen LogP) is 8.33. The van der Waals surface area contributed by atoms with Gasteiger partial charge in [-0.1, -0.05) is 13.8 Å². The summed E-state index contributed by atoms with van der Waals surface area (Å²) in [5.41, 5.74) is 0.366. The molecule has 8 heteroatoms. The lowest BCUT2D eigenvalue weighted by Crippen LogP contribution is -2.40. The summed E-state index contributed by atoms with van der Waals surface area (Å²) >= 11 is 0. The highest BCUT2D eigenvalue weighted by molar-refractivity contribution is 4.91. The minimum absolute atomic E-state index is 0.108. The molecule has 6 aliphatic rings. The third-order valence-electron chi connectivity index (χ3n) is 13.4. The van der Waals surface area contributed by atoms with Gasteiger partial charge in [0.05, 0.1) is 51.8 Å². The quantitative estimate of drug-likeness (QED) is 0.0931. The van der Waals surface area contributed by atoms with Gasteiger partial charge in [-0.05, 0) is 158 Å². The van der Waals surface area contributed by atoms with Crippen molar-refractivity contribution in [2.45, 2.75) is 167 Å². The maximum Gasteiger partial charge on any atom is 0.155 e. The van der Waals surface area contributed by atoms with E-state index in [9.17, 15) is 0 Å². The minimum atomic E-state index is -0.108. The molecule has 284 valence electrons. The van der Waals surface area contributed by atoms with E-state index < -0.39 is 0 Å². The molecule has 4 atom stereocenters. The molecule has 0 spiro atoms. The van der Waals surface area contributed by atoms with Gasteiger partial charge in [0.2, 0.25) is 0 Å². The highest BCUT2D eigenvalue weighted by Gasteiger charge is 2.41. The van der Waals surface area contributed by atoms with Crippen molar-refractivity contribution in [1.29, 1.82) is 0 Å². The number of epoxide rings is 2. The van der Waals surface area contributed by atoms with Crippen LogP contribution in [0.1, 0.15) is 130 Å². The van der Waals surface area contributed by atoms with E-state index >= 15 is 0 Å². The average Bonchev–Trinajstić information content (AvgIpc) is 4.05. The van der Waals surface area contributed by atoms with Crippen LogP contribution in [0, 0.1) is 40.9 Å². The second-order valence-electron chi connectivity index (χ2n) is 17.6.